The van der Waals surface area contributed by atoms with Gasteiger partial charge in [0.05, 0.1) is 11.3 Å². The van der Waals surface area contributed by atoms with Crippen LogP contribution >= 0.6 is 0 Å². The number of alkyl halides is 3. The van der Waals surface area contributed by atoms with Crippen LogP contribution in [0.3, 0.4) is 0 Å². The summed E-state index contributed by atoms with van der Waals surface area (Å²) in [6.45, 7) is 0. The van der Waals surface area contributed by atoms with Gasteiger partial charge >= 0.3 is 6.18 Å². The van der Waals surface area contributed by atoms with E-state index in [0.29, 0.717) is 16.9 Å². The lowest BCUT2D eigenvalue weighted by Crippen LogP contribution is -2.04. The largest absolute Gasteiger partial charge is 0.416 e. The molecular formula is C16H9F3N4. The molecule has 0 aliphatic rings. The molecule has 0 unspecified atom stereocenters. The van der Waals surface area contributed by atoms with Crippen LogP contribution in [0.4, 0.5) is 13.2 Å². The topological polar surface area (TPSA) is 43.1 Å². The molecule has 2 heterocycles. The molecule has 0 aliphatic heterocycles. The molecular weight excluding hydrogens is 305 g/mol. The number of pyridine rings is 1. The number of aromatic nitrogens is 4. The Labute approximate surface area is 128 Å². The zero-order valence-electron chi connectivity index (χ0n) is 11.6. The summed E-state index contributed by atoms with van der Waals surface area (Å²) in [6, 6.07) is 14.4. The highest BCUT2D eigenvalue weighted by Crippen LogP contribution is 2.32. The molecule has 0 saturated carbocycles. The molecule has 2 aromatic heterocycles. The number of hydrogen-bond donors (Lipinski definition) is 0. The van der Waals surface area contributed by atoms with E-state index < -0.39 is 11.7 Å². The van der Waals surface area contributed by atoms with Gasteiger partial charge in [-0.05, 0) is 34.0 Å². The molecule has 4 nitrogen and oxygen atoms in total. The monoisotopic (exact) mass is 314 g/mol. The minimum atomic E-state index is -4.36. The highest BCUT2D eigenvalue weighted by atomic mass is 19.4. The molecule has 0 atom stereocenters. The number of hydrogen-bond acceptors (Lipinski definition) is 3. The fraction of sp³-hybridized carbons (Fsp3) is 0.0625. The van der Waals surface area contributed by atoms with E-state index in [1.807, 2.05) is 30.3 Å². The second-order valence-electron chi connectivity index (χ2n) is 5.11. The highest BCUT2D eigenvalue weighted by Gasteiger charge is 2.30. The van der Waals surface area contributed by atoms with Crippen LogP contribution in [0.2, 0.25) is 0 Å². The zero-order valence-corrected chi connectivity index (χ0v) is 11.6. The Morgan fingerprint density at radius 2 is 1.65 bits per heavy atom. The predicted octanol–water partition coefficient (Wildman–Crippen LogP) is 3.96. The van der Waals surface area contributed by atoms with Crippen molar-refractivity contribution < 1.29 is 13.2 Å². The van der Waals surface area contributed by atoms with Crippen molar-refractivity contribution in [3.63, 3.8) is 0 Å². The van der Waals surface area contributed by atoms with E-state index in [0.717, 1.165) is 22.9 Å². The number of nitrogens with zero attached hydrogens (tertiary/aromatic N) is 4. The fourth-order valence-corrected chi connectivity index (χ4v) is 2.59. The van der Waals surface area contributed by atoms with Crippen LogP contribution in [-0.2, 0) is 6.18 Å². The third-order valence-electron chi connectivity index (χ3n) is 3.70. The highest BCUT2D eigenvalue weighted by molar-refractivity contribution is 5.96. The van der Waals surface area contributed by atoms with Crippen LogP contribution in [0.1, 0.15) is 5.56 Å². The molecule has 0 spiro atoms. The van der Waals surface area contributed by atoms with Crippen LogP contribution in [0.5, 0.6) is 0 Å². The lowest BCUT2D eigenvalue weighted by molar-refractivity contribution is -0.137. The van der Waals surface area contributed by atoms with Gasteiger partial charge in [0.25, 0.3) is 0 Å². The number of tetrazole rings is 1. The quantitative estimate of drug-likeness (QED) is 0.534. The summed E-state index contributed by atoms with van der Waals surface area (Å²) in [5.41, 5.74) is 1.13. The lowest BCUT2D eigenvalue weighted by atomic mass is 10.1. The Morgan fingerprint density at radius 3 is 2.39 bits per heavy atom. The number of rotatable bonds is 1. The molecule has 7 heteroatoms. The Bertz CT molecular complexity index is 1000. The Balaban J connectivity index is 1.95. The van der Waals surface area contributed by atoms with E-state index in [4.69, 9.17) is 0 Å². The van der Waals surface area contributed by atoms with Crippen molar-refractivity contribution in [3.8, 4) is 11.3 Å². The number of fused-ring (bicyclic) bond motifs is 3. The number of benzene rings is 2. The van der Waals surface area contributed by atoms with Gasteiger partial charge in [0.2, 0.25) is 0 Å². The normalized spacial score (nSPS) is 12.1. The van der Waals surface area contributed by atoms with Crippen molar-refractivity contribution in [2.45, 2.75) is 6.18 Å². The average molecular weight is 314 g/mol. The summed E-state index contributed by atoms with van der Waals surface area (Å²) in [5, 5.41) is 13.4. The van der Waals surface area contributed by atoms with Crippen LogP contribution in [0.15, 0.2) is 54.6 Å². The van der Waals surface area contributed by atoms with Crippen LogP contribution in [-0.4, -0.2) is 20.0 Å². The maximum atomic E-state index is 12.7. The maximum absolute atomic E-state index is 12.7. The summed E-state index contributed by atoms with van der Waals surface area (Å²) in [6.07, 6.45) is -4.36. The summed E-state index contributed by atoms with van der Waals surface area (Å²) in [5.74, 6) is 0. The molecule has 0 bridgehead atoms. The van der Waals surface area contributed by atoms with Crippen molar-refractivity contribution in [2.24, 2.45) is 0 Å². The second kappa shape index (κ2) is 4.77. The second-order valence-corrected chi connectivity index (χ2v) is 5.11. The van der Waals surface area contributed by atoms with Crippen LogP contribution < -0.4 is 0 Å². The van der Waals surface area contributed by atoms with Crippen molar-refractivity contribution in [1.82, 2.24) is 20.0 Å². The zero-order chi connectivity index (χ0) is 16.0. The van der Waals surface area contributed by atoms with Gasteiger partial charge in [-0.2, -0.15) is 17.7 Å². The van der Waals surface area contributed by atoms with Crippen molar-refractivity contribution in [1.29, 1.82) is 0 Å². The third kappa shape index (κ3) is 2.21. The van der Waals surface area contributed by atoms with Crippen molar-refractivity contribution in [3.05, 3.63) is 60.2 Å². The summed E-state index contributed by atoms with van der Waals surface area (Å²) >= 11 is 0. The molecule has 2 aromatic carbocycles. The minimum absolute atomic E-state index is 0.568. The first-order chi connectivity index (χ1) is 11.0. The third-order valence-corrected chi connectivity index (χ3v) is 3.70. The van der Waals surface area contributed by atoms with E-state index in [-0.39, 0.29) is 0 Å². The van der Waals surface area contributed by atoms with Gasteiger partial charge in [-0.3, -0.25) is 0 Å². The molecule has 0 aliphatic carbocycles. The molecule has 0 radical (unpaired) electrons. The Hall–Kier alpha value is -2.96. The maximum Gasteiger partial charge on any atom is 0.416 e. The number of halogens is 3. The molecule has 4 aromatic rings. The van der Waals surface area contributed by atoms with Gasteiger partial charge in [0, 0.05) is 10.9 Å². The van der Waals surface area contributed by atoms with Gasteiger partial charge < -0.3 is 0 Å². The lowest BCUT2D eigenvalue weighted by Gasteiger charge is -2.09. The van der Waals surface area contributed by atoms with Crippen LogP contribution in [0, 0.1) is 0 Å². The molecule has 0 saturated heterocycles. The van der Waals surface area contributed by atoms with Crippen LogP contribution in [0.25, 0.3) is 27.7 Å². The van der Waals surface area contributed by atoms with Gasteiger partial charge in [0.15, 0.2) is 5.65 Å². The predicted molar refractivity (Wildman–Crippen MR) is 78.7 cm³/mol. The first-order valence-electron chi connectivity index (χ1n) is 6.81. The fourth-order valence-electron chi connectivity index (χ4n) is 2.59. The van der Waals surface area contributed by atoms with E-state index >= 15 is 0 Å². The SMILES string of the molecule is FC(F)(F)c1ccc(-c2cc3ccccc3c3nnnn23)cc1. The summed E-state index contributed by atoms with van der Waals surface area (Å²) in [4.78, 5) is 0. The first kappa shape index (κ1) is 13.7. The van der Waals surface area contributed by atoms with Crippen molar-refractivity contribution >= 4 is 16.4 Å². The molecule has 4 rings (SSSR count). The minimum Gasteiger partial charge on any atom is -0.192 e. The standard InChI is InChI=1S/C16H9F3N4/c17-16(18,19)12-7-5-10(6-8-12)14-9-11-3-1-2-4-13(11)15-20-21-22-23(14)15/h1-9H. The van der Waals surface area contributed by atoms with Crippen molar-refractivity contribution in [2.75, 3.05) is 0 Å². The Kier molecular flexibility index (Phi) is 2.84. The summed E-state index contributed by atoms with van der Waals surface area (Å²) < 4.78 is 39.6. The first-order valence-corrected chi connectivity index (χ1v) is 6.81. The molecule has 0 N–H and O–H groups in total. The van der Waals surface area contributed by atoms with E-state index in [1.54, 1.807) is 0 Å². The van der Waals surface area contributed by atoms with E-state index in [1.165, 1.54) is 16.6 Å². The smallest absolute Gasteiger partial charge is 0.192 e. The van der Waals surface area contributed by atoms with Gasteiger partial charge in [0.1, 0.15) is 0 Å². The molecule has 0 fully saturated rings. The molecule has 114 valence electrons. The van der Waals surface area contributed by atoms with E-state index in [2.05, 4.69) is 15.5 Å². The summed E-state index contributed by atoms with van der Waals surface area (Å²) in [7, 11) is 0. The molecule has 0 amide bonds. The average Bonchev–Trinajstić information content (AvgIpc) is 3.03. The van der Waals surface area contributed by atoms with E-state index in [9.17, 15) is 13.2 Å². The molecule has 23 heavy (non-hydrogen) atoms. The van der Waals surface area contributed by atoms with Gasteiger partial charge in [-0.25, -0.2) is 0 Å². The Morgan fingerprint density at radius 1 is 0.913 bits per heavy atom. The van der Waals surface area contributed by atoms with Gasteiger partial charge in [-0.15, -0.1) is 5.10 Å². The van der Waals surface area contributed by atoms with Gasteiger partial charge in [-0.1, -0.05) is 36.4 Å².